The lowest BCUT2D eigenvalue weighted by molar-refractivity contribution is -0.118. The summed E-state index contributed by atoms with van der Waals surface area (Å²) in [4.78, 5) is 36.1. The molecular formula is C23H17F2N3O5. The Balaban J connectivity index is 1.91. The number of aromatic nitrogens is 1. The van der Waals surface area contributed by atoms with E-state index in [1.165, 1.54) is 36.0 Å². The highest BCUT2D eigenvalue weighted by molar-refractivity contribution is 6.00. The fourth-order valence-corrected chi connectivity index (χ4v) is 3.26. The number of rotatable bonds is 5. The summed E-state index contributed by atoms with van der Waals surface area (Å²) in [5, 5.41) is 5.11. The van der Waals surface area contributed by atoms with Gasteiger partial charge in [-0.25, -0.2) is 8.78 Å². The number of halogens is 2. The predicted molar refractivity (Wildman–Crippen MR) is 117 cm³/mol. The molecule has 0 aliphatic carbocycles. The number of carbonyl (C=O) groups is 2. The molecule has 1 aromatic heterocycles. The van der Waals surface area contributed by atoms with Gasteiger partial charge in [-0.15, -0.1) is 0 Å². The minimum absolute atomic E-state index is 0.0642. The van der Waals surface area contributed by atoms with Crippen molar-refractivity contribution in [3.8, 4) is 28.4 Å². The number of hydrogen-bond acceptors (Lipinski definition) is 5. The van der Waals surface area contributed by atoms with Gasteiger partial charge in [-0.3, -0.25) is 14.4 Å². The van der Waals surface area contributed by atoms with E-state index in [-0.39, 0.29) is 29.5 Å². The summed E-state index contributed by atoms with van der Waals surface area (Å²) in [7, 11) is 1.48. The first-order valence-electron chi connectivity index (χ1n) is 9.64. The van der Waals surface area contributed by atoms with Gasteiger partial charge in [0, 0.05) is 36.1 Å². The first kappa shape index (κ1) is 21.8. The van der Waals surface area contributed by atoms with Gasteiger partial charge in [0.25, 0.3) is 11.5 Å². The number of nitrogens with one attached hydrogen (secondary N) is 2. The second-order valence-electron chi connectivity index (χ2n) is 7.08. The average molecular weight is 453 g/mol. The fourth-order valence-electron chi connectivity index (χ4n) is 3.26. The van der Waals surface area contributed by atoms with E-state index in [1.807, 2.05) is 0 Å². The van der Waals surface area contributed by atoms with Crippen LogP contribution in [0.2, 0.25) is 0 Å². The molecule has 3 aromatic rings. The smallest absolute Gasteiger partial charge is 0.277 e. The van der Waals surface area contributed by atoms with E-state index in [9.17, 15) is 23.2 Å². The molecule has 8 nitrogen and oxygen atoms in total. The molecule has 168 valence electrons. The molecule has 1 aliphatic rings. The lowest BCUT2D eigenvalue weighted by Gasteiger charge is -2.22. The summed E-state index contributed by atoms with van der Waals surface area (Å²) in [5.41, 5.74) is 0.433. The molecular weight excluding hydrogens is 436 g/mol. The lowest BCUT2D eigenvalue weighted by Crippen LogP contribution is -2.32. The summed E-state index contributed by atoms with van der Waals surface area (Å²) >= 11 is 0. The Morgan fingerprint density at radius 2 is 1.94 bits per heavy atom. The number of nitrogens with zero attached hydrogens (tertiary/aromatic N) is 1. The molecule has 2 N–H and O–H groups in total. The molecule has 2 aromatic carbocycles. The van der Waals surface area contributed by atoms with Crippen molar-refractivity contribution in [1.29, 1.82) is 0 Å². The molecule has 4 rings (SSSR count). The molecule has 1 aliphatic heterocycles. The van der Waals surface area contributed by atoms with Crippen LogP contribution in [0.25, 0.3) is 11.1 Å². The van der Waals surface area contributed by atoms with Crippen LogP contribution in [0, 0.1) is 11.6 Å². The van der Waals surface area contributed by atoms with Crippen LogP contribution < -0.4 is 25.7 Å². The third kappa shape index (κ3) is 4.31. The second-order valence-corrected chi connectivity index (χ2v) is 7.08. The zero-order valence-electron chi connectivity index (χ0n) is 17.3. The Morgan fingerprint density at radius 1 is 1.18 bits per heavy atom. The summed E-state index contributed by atoms with van der Waals surface area (Å²) in [6.07, 6.45) is 2.55. The maximum Gasteiger partial charge on any atom is 0.277 e. The molecule has 0 fully saturated rings. The third-order valence-electron chi connectivity index (χ3n) is 4.78. The number of amides is 2. The highest BCUT2D eigenvalue weighted by atomic mass is 19.1. The Bertz CT molecular complexity index is 1370. The van der Waals surface area contributed by atoms with E-state index >= 15 is 0 Å². The van der Waals surface area contributed by atoms with E-state index in [0.717, 1.165) is 18.2 Å². The first-order chi connectivity index (χ1) is 15.8. The number of ether oxygens (including phenoxy) is 2. The molecule has 0 bridgehead atoms. The number of carbonyl (C=O) groups excluding carboxylic acids is 2. The SMILES string of the molecule is C=CC(=O)Nc1ccc(Oc2ccc(F)cc2F)c(-c2cn(C)c(=O)c3c2OCC(=O)N3)c1. The van der Waals surface area contributed by atoms with Crippen molar-refractivity contribution in [2.45, 2.75) is 0 Å². The van der Waals surface area contributed by atoms with Crippen LogP contribution in [0.15, 0.2) is 60.0 Å². The minimum Gasteiger partial charge on any atom is -0.481 e. The number of hydrogen-bond donors (Lipinski definition) is 2. The summed E-state index contributed by atoms with van der Waals surface area (Å²) in [6, 6.07) is 7.37. The van der Waals surface area contributed by atoms with Gasteiger partial charge in [-0.2, -0.15) is 0 Å². The van der Waals surface area contributed by atoms with Crippen molar-refractivity contribution < 1.29 is 27.8 Å². The highest BCUT2D eigenvalue weighted by Gasteiger charge is 2.26. The number of pyridine rings is 1. The van der Waals surface area contributed by atoms with Crippen molar-refractivity contribution in [3.63, 3.8) is 0 Å². The monoisotopic (exact) mass is 453 g/mol. The molecule has 0 radical (unpaired) electrons. The lowest BCUT2D eigenvalue weighted by atomic mass is 10.0. The zero-order chi connectivity index (χ0) is 23.7. The first-order valence-corrected chi connectivity index (χ1v) is 9.64. The Morgan fingerprint density at radius 3 is 2.67 bits per heavy atom. The van der Waals surface area contributed by atoms with Gasteiger partial charge >= 0.3 is 0 Å². The number of aryl methyl sites for hydroxylation is 1. The van der Waals surface area contributed by atoms with Gasteiger partial charge in [-0.05, 0) is 36.4 Å². The molecule has 0 spiro atoms. The Kier molecular flexibility index (Phi) is 5.65. The molecule has 0 saturated heterocycles. The maximum atomic E-state index is 14.3. The van der Waals surface area contributed by atoms with Gasteiger partial charge < -0.3 is 24.7 Å². The molecule has 0 unspecified atom stereocenters. The van der Waals surface area contributed by atoms with Gasteiger partial charge in [0.2, 0.25) is 5.91 Å². The summed E-state index contributed by atoms with van der Waals surface area (Å²) in [5.74, 6) is -2.67. The number of benzene rings is 2. The van der Waals surface area contributed by atoms with Crippen molar-refractivity contribution in [3.05, 3.63) is 77.2 Å². The van der Waals surface area contributed by atoms with E-state index < -0.39 is 29.0 Å². The molecule has 33 heavy (non-hydrogen) atoms. The van der Waals surface area contributed by atoms with E-state index in [1.54, 1.807) is 0 Å². The average Bonchev–Trinajstić information content (AvgIpc) is 2.79. The van der Waals surface area contributed by atoms with Crippen molar-refractivity contribution in [1.82, 2.24) is 4.57 Å². The maximum absolute atomic E-state index is 14.3. The largest absolute Gasteiger partial charge is 0.481 e. The van der Waals surface area contributed by atoms with Crippen LogP contribution in [-0.2, 0) is 16.6 Å². The van der Waals surface area contributed by atoms with Crippen LogP contribution in [-0.4, -0.2) is 23.0 Å². The van der Waals surface area contributed by atoms with Crippen LogP contribution in [0.5, 0.6) is 17.2 Å². The highest BCUT2D eigenvalue weighted by Crippen LogP contribution is 2.43. The van der Waals surface area contributed by atoms with E-state index in [4.69, 9.17) is 9.47 Å². The fraction of sp³-hybridized carbons (Fsp3) is 0.0870. The van der Waals surface area contributed by atoms with Crippen LogP contribution in [0.1, 0.15) is 0 Å². The number of anilines is 2. The normalized spacial score (nSPS) is 12.3. The van der Waals surface area contributed by atoms with Crippen molar-refractivity contribution >= 4 is 23.2 Å². The Labute approximate surface area is 186 Å². The minimum atomic E-state index is -0.920. The topological polar surface area (TPSA) is 98.7 Å². The summed E-state index contributed by atoms with van der Waals surface area (Å²) < 4.78 is 40.0. The third-order valence-corrected chi connectivity index (χ3v) is 4.78. The Hall–Kier alpha value is -4.47. The van der Waals surface area contributed by atoms with Crippen molar-refractivity contribution in [2.24, 2.45) is 7.05 Å². The molecule has 10 heteroatoms. The second kappa shape index (κ2) is 8.58. The quantitative estimate of drug-likeness (QED) is 0.576. The molecule has 2 heterocycles. The molecule has 0 saturated carbocycles. The standard InChI is InChI=1S/C23H17F2N3O5/c1-3-19(29)26-13-5-7-17(33-18-6-4-12(24)8-16(18)25)14(9-13)15-10-28(2)23(31)21-22(15)32-11-20(30)27-21/h3-10H,1,11H2,2H3,(H,26,29)(H,27,30). The van der Waals surface area contributed by atoms with Crippen LogP contribution >= 0.6 is 0 Å². The van der Waals surface area contributed by atoms with Gasteiger partial charge in [-0.1, -0.05) is 6.58 Å². The van der Waals surface area contributed by atoms with Gasteiger partial charge in [0.05, 0.1) is 0 Å². The van der Waals surface area contributed by atoms with Gasteiger partial charge in [0.15, 0.2) is 29.6 Å². The van der Waals surface area contributed by atoms with Gasteiger partial charge in [0.1, 0.15) is 11.6 Å². The van der Waals surface area contributed by atoms with Crippen LogP contribution in [0.4, 0.5) is 20.2 Å². The van der Waals surface area contributed by atoms with E-state index in [0.29, 0.717) is 22.9 Å². The van der Waals surface area contributed by atoms with Crippen LogP contribution in [0.3, 0.4) is 0 Å². The molecule has 2 amide bonds. The number of fused-ring (bicyclic) bond motifs is 1. The predicted octanol–water partition coefficient (Wildman–Crippen LogP) is 3.58. The van der Waals surface area contributed by atoms with E-state index in [2.05, 4.69) is 17.2 Å². The zero-order valence-corrected chi connectivity index (χ0v) is 17.3. The summed E-state index contributed by atoms with van der Waals surface area (Å²) in [6.45, 7) is 3.09. The molecule has 0 atom stereocenters. The van der Waals surface area contributed by atoms with Crippen molar-refractivity contribution in [2.75, 3.05) is 17.2 Å².